The molecule has 22 heavy (non-hydrogen) atoms. The van der Waals surface area contributed by atoms with Crippen molar-refractivity contribution in [2.75, 3.05) is 6.54 Å². The summed E-state index contributed by atoms with van der Waals surface area (Å²) < 4.78 is 0. The zero-order chi connectivity index (χ0) is 15.7. The molecule has 1 heterocycles. The van der Waals surface area contributed by atoms with Crippen molar-refractivity contribution in [2.24, 2.45) is 11.7 Å². The zero-order valence-electron chi connectivity index (χ0n) is 13.8. The van der Waals surface area contributed by atoms with E-state index < -0.39 is 0 Å². The second-order valence-electron chi connectivity index (χ2n) is 7.10. The third-order valence-electron chi connectivity index (χ3n) is 5.61. The van der Waals surface area contributed by atoms with Gasteiger partial charge in [-0.1, -0.05) is 18.2 Å². The molecule has 0 radical (unpaired) electrons. The van der Waals surface area contributed by atoms with Gasteiger partial charge in [-0.2, -0.15) is 0 Å². The van der Waals surface area contributed by atoms with Crippen LogP contribution in [-0.4, -0.2) is 23.4 Å². The van der Waals surface area contributed by atoms with Crippen molar-refractivity contribution < 1.29 is 4.79 Å². The van der Waals surface area contributed by atoms with Crippen LogP contribution >= 0.6 is 0 Å². The Balaban J connectivity index is 1.85. The van der Waals surface area contributed by atoms with Crippen LogP contribution in [0.3, 0.4) is 0 Å². The van der Waals surface area contributed by atoms with Crippen molar-refractivity contribution in [3.05, 3.63) is 34.9 Å². The molecule has 2 fully saturated rings. The lowest BCUT2D eigenvalue weighted by Crippen LogP contribution is -2.42. The molecule has 3 nitrogen and oxygen atoms in total. The summed E-state index contributed by atoms with van der Waals surface area (Å²) in [6.45, 7) is 5.25. The van der Waals surface area contributed by atoms with Gasteiger partial charge in [0.15, 0.2) is 0 Å². The highest BCUT2D eigenvalue weighted by molar-refractivity contribution is 5.80. The first-order chi connectivity index (χ1) is 10.6. The van der Waals surface area contributed by atoms with Gasteiger partial charge in [-0.15, -0.1) is 0 Å². The summed E-state index contributed by atoms with van der Waals surface area (Å²) in [5.41, 5.74) is 10.0. The number of benzene rings is 1. The molecule has 0 unspecified atom stereocenters. The van der Waals surface area contributed by atoms with Gasteiger partial charge < -0.3 is 10.6 Å². The standard InChI is InChI=1S/C19H28N2O/c1-13-6-5-7-17(14(13)2)18-8-3-4-11-21(18)19(22)15-9-10-16(20)12-15/h5-7,15-16,18H,3-4,8-12,20H2,1-2H3/t15-,16+,18+/m1/s1. The normalized spacial score (nSPS) is 28.9. The van der Waals surface area contributed by atoms with Crippen LogP contribution in [0.25, 0.3) is 0 Å². The van der Waals surface area contributed by atoms with E-state index in [1.54, 1.807) is 0 Å². The minimum Gasteiger partial charge on any atom is -0.335 e. The van der Waals surface area contributed by atoms with Crippen LogP contribution in [0.2, 0.25) is 0 Å². The molecule has 1 amide bonds. The van der Waals surface area contributed by atoms with Crippen LogP contribution < -0.4 is 5.73 Å². The maximum atomic E-state index is 13.0. The summed E-state index contributed by atoms with van der Waals surface area (Å²) in [6.07, 6.45) is 6.27. The highest BCUT2D eigenvalue weighted by atomic mass is 16.2. The number of likely N-dealkylation sites (tertiary alicyclic amines) is 1. The van der Waals surface area contributed by atoms with E-state index in [4.69, 9.17) is 5.73 Å². The Kier molecular flexibility index (Phi) is 4.53. The Hall–Kier alpha value is -1.35. The van der Waals surface area contributed by atoms with Crippen molar-refractivity contribution in [3.63, 3.8) is 0 Å². The second kappa shape index (κ2) is 6.41. The number of nitrogens with zero attached hydrogens (tertiary/aromatic N) is 1. The predicted octanol–water partition coefficient (Wildman–Crippen LogP) is 3.48. The topological polar surface area (TPSA) is 46.3 Å². The van der Waals surface area contributed by atoms with Crippen LogP contribution in [0.4, 0.5) is 0 Å². The maximum absolute atomic E-state index is 13.0. The van der Waals surface area contributed by atoms with E-state index in [1.165, 1.54) is 23.1 Å². The van der Waals surface area contributed by atoms with Gasteiger partial charge in [0.05, 0.1) is 6.04 Å². The largest absolute Gasteiger partial charge is 0.335 e. The average molecular weight is 300 g/mol. The molecule has 0 bridgehead atoms. The minimum absolute atomic E-state index is 0.153. The van der Waals surface area contributed by atoms with Gasteiger partial charge in [0, 0.05) is 18.5 Å². The third-order valence-corrected chi connectivity index (χ3v) is 5.61. The summed E-state index contributed by atoms with van der Waals surface area (Å²) in [6, 6.07) is 6.97. The predicted molar refractivity (Wildman–Crippen MR) is 89.5 cm³/mol. The Bertz CT molecular complexity index is 554. The number of piperidine rings is 1. The Morgan fingerprint density at radius 2 is 2.00 bits per heavy atom. The van der Waals surface area contributed by atoms with Gasteiger partial charge in [0.25, 0.3) is 0 Å². The maximum Gasteiger partial charge on any atom is 0.226 e. The second-order valence-corrected chi connectivity index (χ2v) is 7.10. The lowest BCUT2D eigenvalue weighted by Gasteiger charge is -2.38. The van der Waals surface area contributed by atoms with Crippen LogP contribution in [0.1, 0.15) is 61.3 Å². The molecule has 1 saturated carbocycles. The highest BCUT2D eigenvalue weighted by Crippen LogP contribution is 2.36. The Labute approximate surface area is 133 Å². The summed E-state index contributed by atoms with van der Waals surface area (Å²) in [4.78, 5) is 15.2. The summed E-state index contributed by atoms with van der Waals surface area (Å²) in [5, 5.41) is 0. The van der Waals surface area contributed by atoms with Gasteiger partial charge in [-0.25, -0.2) is 0 Å². The molecule has 1 aromatic carbocycles. The summed E-state index contributed by atoms with van der Waals surface area (Å²) in [7, 11) is 0. The molecule has 120 valence electrons. The molecule has 1 saturated heterocycles. The molecule has 0 aromatic heterocycles. The van der Waals surface area contributed by atoms with Crippen molar-refractivity contribution in [1.82, 2.24) is 4.90 Å². The molecule has 1 aliphatic heterocycles. The van der Waals surface area contributed by atoms with Gasteiger partial charge in [-0.05, 0) is 69.1 Å². The van der Waals surface area contributed by atoms with Gasteiger partial charge >= 0.3 is 0 Å². The van der Waals surface area contributed by atoms with E-state index in [-0.39, 0.29) is 18.0 Å². The quantitative estimate of drug-likeness (QED) is 0.909. The molecular weight excluding hydrogens is 272 g/mol. The van der Waals surface area contributed by atoms with E-state index in [0.29, 0.717) is 5.91 Å². The van der Waals surface area contributed by atoms with E-state index in [0.717, 1.165) is 38.6 Å². The fourth-order valence-electron chi connectivity index (χ4n) is 4.13. The zero-order valence-corrected chi connectivity index (χ0v) is 13.8. The van der Waals surface area contributed by atoms with Crippen molar-refractivity contribution in [2.45, 2.75) is 64.5 Å². The lowest BCUT2D eigenvalue weighted by atomic mass is 9.89. The van der Waals surface area contributed by atoms with E-state index in [9.17, 15) is 4.79 Å². The molecule has 3 rings (SSSR count). The number of hydrogen-bond acceptors (Lipinski definition) is 2. The summed E-state index contributed by atoms with van der Waals surface area (Å²) in [5.74, 6) is 0.499. The fourth-order valence-corrected chi connectivity index (χ4v) is 4.13. The van der Waals surface area contributed by atoms with Crippen LogP contribution in [0, 0.1) is 19.8 Å². The smallest absolute Gasteiger partial charge is 0.226 e. The first kappa shape index (κ1) is 15.5. The Morgan fingerprint density at radius 3 is 2.73 bits per heavy atom. The Morgan fingerprint density at radius 1 is 1.18 bits per heavy atom. The number of aryl methyl sites for hydroxylation is 1. The number of carbonyl (C=O) groups excluding carboxylic acids is 1. The van der Waals surface area contributed by atoms with E-state index >= 15 is 0 Å². The van der Waals surface area contributed by atoms with Gasteiger partial charge in [0.2, 0.25) is 5.91 Å². The molecule has 3 atom stereocenters. The molecule has 3 heteroatoms. The fraction of sp³-hybridized carbons (Fsp3) is 0.632. The molecule has 2 aliphatic rings. The van der Waals surface area contributed by atoms with Gasteiger partial charge in [0.1, 0.15) is 0 Å². The van der Waals surface area contributed by atoms with Crippen LogP contribution in [-0.2, 0) is 4.79 Å². The number of rotatable bonds is 2. The summed E-state index contributed by atoms with van der Waals surface area (Å²) >= 11 is 0. The SMILES string of the molecule is Cc1cccc([C@@H]2CCCCN2C(=O)[C@@H]2CC[C@H](N)C2)c1C. The third kappa shape index (κ3) is 2.91. The van der Waals surface area contributed by atoms with E-state index in [2.05, 4.69) is 36.9 Å². The monoisotopic (exact) mass is 300 g/mol. The van der Waals surface area contributed by atoms with Gasteiger partial charge in [-0.3, -0.25) is 4.79 Å². The molecular formula is C19H28N2O. The average Bonchev–Trinajstić information content (AvgIpc) is 2.96. The van der Waals surface area contributed by atoms with Crippen molar-refractivity contribution in [3.8, 4) is 0 Å². The van der Waals surface area contributed by atoms with Crippen LogP contribution in [0.5, 0.6) is 0 Å². The van der Waals surface area contributed by atoms with Crippen molar-refractivity contribution >= 4 is 5.91 Å². The number of hydrogen-bond donors (Lipinski definition) is 1. The number of nitrogens with two attached hydrogens (primary N) is 1. The molecule has 0 spiro atoms. The molecule has 2 N–H and O–H groups in total. The molecule has 1 aliphatic carbocycles. The lowest BCUT2D eigenvalue weighted by molar-refractivity contribution is -0.139. The number of amides is 1. The van der Waals surface area contributed by atoms with E-state index in [1.807, 2.05) is 0 Å². The van der Waals surface area contributed by atoms with Crippen molar-refractivity contribution in [1.29, 1.82) is 0 Å². The highest BCUT2D eigenvalue weighted by Gasteiger charge is 2.36. The molecule has 1 aromatic rings. The first-order valence-corrected chi connectivity index (χ1v) is 8.70. The van der Waals surface area contributed by atoms with Crippen LogP contribution in [0.15, 0.2) is 18.2 Å². The minimum atomic E-state index is 0.153. The number of carbonyl (C=O) groups is 1. The first-order valence-electron chi connectivity index (χ1n) is 8.70.